The molecule has 0 spiro atoms. The molecule has 8 heteroatoms. The fourth-order valence-corrected chi connectivity index (χ4v) is 4.45. The van der Waals surface area contributed by atoms with Crippen molar-refractivity contribution in [2.24, 2.45) is 0 Å². The van der Waals surface area contributed by atoms with E-state index >= 15 is 0 Å². The Hall–Kier alpha value is -3.55. The molecule has 1 aromatic heterocycles. The minimum absolute atomic E-state index is 0.0463. The Morgan fingerprint density at radius 1 is 1.18 bits per heavy atom. The van der Waals surface area contributed by atoms with Gasteiger partial charge in [0.25, 0.3) is 11.8 Å². The van der Waals surface area contributed by atoms with Gasteiger partial charge in [0, 0.05) is 55.9 Å². The number of anilines is 1. The Morgan fingerprint density at radius 2 is 1.88 bits per heavy atom. The van der Waals surface area contributed by atoms with E-state index in [0.717, 1.165) is 40.2 Å². The van der Waals surface area contributed by atoms with Crippen LogP contribution < -0.4 is 10.6 Å². The average Bonchev–Trinajstić information content (AvgIpc) is 3.45. The standard InChI is InChI=1S/C24H29N5O3.C2H6/c1-13-6-7-17-18(22(30)27-20(17)10-13)11-19-14(2)21(15(3)25-19)23(31)26-16-8-9-29(12-16)24(32)28(4)5;1-2/h6-7,10-11,16,25H,8-9,12H2,1-5H3,(H,26,31)(H,27,30);1-2H3/b18-11-;. The highest BCUT2D eigenvalue weighted by atomic mass is 16.2. The zero-order valence-corrected chi connectivity index (χ0v) is 21.1. The molecule has 4 rings (SSSR count). The lowest BCUT2D eigenvalue weighted by atomic mass is 10.0. The number of H-pyrrole nitrogens is 1. The first-order chi connectivity index (χ1) is 16.2. The van der Waals surface area contributed by atoms with Crippen LogP contribution >= 0.6 is 0 Å². The average molecular weight is 466 g/mol. The number of nitrogens with zero attached hydrogens (tertiary/aromatic N) is 2. The number of benzene rings is 1. The van der Waals surface area contributed by atoms with Gasteiger partial charge in [-0.3, -0.25) is 9.59 Å². The predicted octanol–water partition coefficient (Wildman–Crippen LogP) is 3.94. The summed E-state index contributed by atoms with van der Waals surface area (Å²) in [5.41, 5.74) is 6.17. The van der Waals surface area contributed by atoms with Gasteiger partial charge in [-0.15, -0.1) is 0 Å². The molecule has 1 atom stereocenters. The number of carbonyl (C=O) groups is 3. The zero-order chi connectivity index (χ0) is 25.2. The van der Waals surface area contributed by atoms with E-state index in [1.807, 2.05) is 58.9 Å². The molecule has 1 saturated heterocycles. The van der Waals surface area contributed by atoms with Crippen LogP contribution in [0.5, 0.6) is 0 Å². The Morgan fingerprint density at radius 3 is 2.56 bits per heavy atom. The Kier molecular flexibility index (Phi) is 7.49. The van der Waals surface area contributed by atoms with Gasteiger partial charge in [0.2, 0.25) is 0 Å². The quantitative estimate of drug-likeness (QED) is 0.599. The molecule has 3 N–H and O–H groups in total. The summed E-state index contributed by atoms with van der Waals surface area (Å²) in [6.07, 6.45) is 2.53. The molecule has 1 aromatic carbocycles. The first kappa shape index (κ1) is 25.1. The van der Waals surface area contributed by atoms with E-state index in [4.69, 9.17) is 0 Å². The minimum Gasteiger partial charge on any atom is -0.358 e. The maximum absolute atomic E-state index is 13.1. The molecule has 1 fully saturated rings. The minimum atomic E-state index is -0.169. The molecule has 0 saturated carbocycles. The lowest BCUT2D eigenvalue weighted by Gasteiger charge is -2.21. The molecule has 0 radical (unpaired) electrons. The van der Waals surface area contributed by atoms with Gasteiger partial charge in [-0.2, -0.15) is 0 Å². The summed E-state index contributed by atoms with van der Waals surface area (Å²) in [4.78, 5) is 44.3. The molecule has 4 amide bonds. The number of nitrogens with one attached hydrogen (secondary N) is 3. The van der Waals surface area contributed by atoms with Crippen LogP contribution in [0.25, 0.3) is 11.6 Å². The number of rotatable bonds is 3. The highest BCUT2D eigenvalue weighted by molar-refractivity contribution is 6.35. The fourth-order valence-electron chi connectivity index (χ4n) is 4.45. The van der Waals surface area contributed by atoms with Gasteiger partial charge in [-0.1, -0.05) is 26.0 Å². The van der Waals surface area contributed by atoms with Crippen molar-refractivity contribution in [3.63, 3.8) is 0 Å². The van der Waals surface area contributed by atoms with E-state index in [0.29, 0.717) is 24.2 Å². The molecular weight excluding hydrogens is 430 g/mol. The summed E-state index contributed by atoms with van der Waals surface area (Å²) in [6.45, 7) is 10.8. The molecule has 34 heavy (non-hydrogen) atoms. The maximum atomic E-state index is 13.1. The van der Waals surface area contributed by atoms with Crippen LogP contribution in [-0.2, 0) is 4.79 Å². The van der Waals surface area contributed by atoms with Crippen molar-refractivity contribution in [3.05, 3.63) is 51.8 Å². The van der Waals surface area contributed by atoms with E-state index in [9.17, 15) is 14.4 Å². The lowest BCUT2D eigenvalue weighted by Crippen LogP contribution is -2.41. The molecule has 3 heterocycles. The van der Waals surface area contributed by atoms with Crippen molar-refractivity contribution < 1.29 is 14.4 Å². The topological polar surface area (TPSA) is 97.5 Å². The molecule has 0 aliphatic carbocycles. The number of amides is 4. The van der Waals surface area contributed by atoms with Gasteiger partial charge in [0.1, 0.15) is 0 Å². The van der Waals surface area contributed by atoms with Crippen molar-refractivity contribution in [2.45, 2.75) is 47.1 Å². The van der Waals surface area contributed by atoms with Crippen molar-refractivity contribution >= 4 is 35.2 Å². The molecule has 182 valence electrons. The molecular formula is C26H35N5O3. The molecule has 8 nitrogen and oxygen atoms in total. The number of aromatic nitrogens is 1. The number of aryl methyl sites for hydroxylation is 2. The summed E-state index contributed by atoms with van der Waals surface area (Å²) in [5, 5.41) is 5.97. The van der Waals surface area contributed by atoms with E-state index in [-0.39, 0.29) is 23.9 Å². The van der Waals surface area contributed by atoms with Gasteiger partial charge in [0.05, 0.1) is 11.1 Å². The van der Waals surface area contributed by atoms with E-state index in [2.05, 4.69) is 15.6 Å². The van der Waals surface area contributed by atoms with Crippen molar-refractivity contribution in [3.8, 4) is 0 Å². The number of carbonyl (C=O) groups excluding carboxylic acids is 3. The van der Waals surface area contributed by atoms with Crippen molar-refractivity contribution in [2.75, 3.05) is 32.5 Å². The normalized spacial score (nSPS) is 17.7. The fraction of sp³-hybridized carbons (Fsp3) is 0.423. The number of aromatic amines is 1. The van der Waals surface area contributed by atoms with Crippen LogP contribution in [0, 0.1) is 20.8 Å². The summed E-state index contributed by atoms with van der Waals surface area (Å²) in [5.74, 6) is -0.322. The summed E-state index contributed by atoms with van der Waals surface area (Å²) in [6, 6.07) is 5.73. The Labute approximate surface area is 201 Å². The van der Waals surface area contributed by atoms with E-state index in [1.165, 1.54) is 0 Å². The van der Waals surface area contributed by atoms with Crippen LogP contribution in [0.4, 0.5) is 10.5 Å². The SMILES string of the molecule is CC.Cc1ccc2c(c1)NC(=O)/C2=C\c1[nH]c(C)c(C(=O)NC2CCN(C(=O)N(C)C)C2)c1C. The summed E-state index contributed by atoms with van der Waals surface area (Å²) >= 11 is 0. The highest BCUT2D eigenvalue weighted by Gasteiger charge is 2.30. The molecule has 0 bridgehead atoms. The summed E-state index contributed by atoms with van der Waals surface area (Å²) < 4.78 is 0. The van der Waals surface area contributed by atoms with Gasteiger partial charge in [0.15, 0.2) is 0 Å². The third-order valence-corrected chi connectivity index (χ3v) is 6.13. The Balaban J connectivity index is 0.00000158. The molecule has 2 aliphatic rings. The number of hydrogen-bond donors (Lipinski definition) is 3. The second-order valence-corrected chi connectivity index (χ2v) is 8.81. The van der Waals surface area contributed by atoms with E-state index in [1.54, 1.807) is 23.9 Å². The first-order valence-electron chi connectivity index (χ1n) is 11.8. The second kappa shape index (κ2) is 10.2. The Bertz CT molecular complexity index is 1150. The largest absolute Gasteiger partial charge is 0.358 e. The van der Waals surface area contributed by atoms with Crippen LogP contribution in [0.1, 0.15) is 58.7 Å². The number of hydrogen-bond acceptors (Lipinski definition) is 3. The van der Waals surface area contributed by atoms with Crippen molar-refractivity contribution in [1.82, 2.24) is 20.1 Å². The maximum Gasteiger partial charge on any atom is 0.319 e. The van der Waals surface area contributed by atoms with Gasteiger partial charge in [-0.25, -0.2) is 4.79 Å². The second-order valence-electron chi connectivity index (χ2n) is 8.81. The van der Waals surface area contributed by atoms with Crippen LogP contribution in [-0.4, -0.2) is 65.9 Å². The summed E-state index contributed by atoms with van der Waals surface area (Å²) in [7, 11) is 3.45. The zero-order valence-electron chi connectivity index (χ0n) is 21.1. The van der Waals surface area contributed by atoms with Crippen LogP contribution in [0.2, 0.25) is 0 Å². The van der Waals surface area contributed by atoms with Crippen molar-refractivity contribution in [1.29, 1.82) is 0 Å². The van der Waals surface area contributed by atoms with Gasteiger partial charge < -0.3 is 25.4 Å². The predicted molar refractivity (Wildman–Crippen MR) is 136 cm³/mol. The van der Waals surface area contributed by atoms with Gasteiger partial charge in [-0.05, 0) is 50.5 Å². The number of fused-ring (bicyclic) bond motifs is 1. The molecule has 1 unspecified atom stereocenters. The number of likely N-dealkylation sites (tertiary alicyclic amines) is 1. The number of urea groups is 1. The third kappa shape index (κ3) is 4.85. The van der Waals surface area contributed by atoms with E-state index < -0.39 is 0 Å². The monoisotopic (exact) mass is 465 g/mol. The van der Waals surface area contributed by atoms with Crippen LogP contribution in [0.3, 0.4) is 0 Å². The molecule has 2 aliphatic heterocycles. The highest BCUT2D eigenvalue weighted by Crippen LogP contribution is 2.34. The first-order valence-corrected chi connectivity index (χ1v) is 11.8. The lowest BCUT2D eigenvalue weighted by molar-refractivity contribution is -0.110. The molecule has 2 aromatic rings. The van der Waals surface area contributed by atoms with Gasteiger partial charge >= 0.3 is 6.03 Å². The smallest absolute Gasteiger partial charge is 0.319 e. The van der Waals surface area contributed by atoms with Crippen LogP contribution in [0.15, 0.2) is 18.2 Å². The third-order valence-electron chi connectivity index (χ3n) is 6.13.